The van der Waals surface area contributed by atoms with E-state index in [9.17, 15) is 18.0 Å². The number of nitrogens with one attached hydrogen (secondary N) is 1. The predicted molar refractivity (Wildman–Crippen MR) is 74.7 cm³/mol. The Kier molecular flexibility index (Phi) is 5.91. The predicted octanol–water partition coefficient (Wildman–Crippen LogP) is 0.379. The van der Waals surface area contributed by atoms with Crippen LogP contribution >= 0.6 is 0 Å². The monoisotopic (exact) mass is 318 g/mol. The molecule has 0 saturated carbocycles. The van der Waals surface area contributed by atoms with Crippen LogP contribution in [-0.4, -0.2) is 55.6 Å². The van der Waals surface area contributed by atoms with Crippen LogP contribution in [0.5, 0.6) is 0 Å². The number of carboxylic acid groups (broad SMARTS) is 1. The van der Waals surface area contributed by atoms with E-state index in [2.05, 4.69) is 5.32 Å². The van der Waals surface area contributed by atoms with Gasteiger partial charge in [0.15, 0.2) is 5.76 Å². The standard InChI is InChI=1S/C12H18N2O6S/c1-3-14(21(2,18)19)6-4-5-13-11(15)10-7-9(8-20-10)12(16)17/h7-8H,3-6H2,1-2H3,(H,13,15)(H,16,17). The van der Waals surface area contributed by atoms with Crippen LogP contribution in [0.1, 0.15) is 34.3 Å². The molecule has 0 saturated heterocycles. The van der Waals surface area contributed by atoms with E-state index in [4.69, 9.17) is 9.52 Å². The van der Waals surface area contributed by atoms with Crippen molar-refractivity contribution in [1.82, 2.24) is 9.62 Å². The van der Waals surface area contributed by atoms with E-state index in [-0.39, 0.29) is 17.9 Å². The van der Waals surface area contributed by atoms with Crippen LogP contribution in [0.4, 0.5) is 0 Å². The highest BCUT2D eigenvalue weighted by Gasteiger charge is 2.16. The second-order valence-corrected chi connectivity index (χ2v) is 6.35. The first kappa shape index (κ1) is 17.2. The molecule has 0 spiro atoms. The van der Waals surface area contributed by atoms with E-state index in [1.54, 1.807) is 6.92 Å². The molecule has 1 aromatic rings. The van der Waals surface area contributed by atoms with Crippen LogP contribution in [0.15, 0.2) is 16.7 Å². The van der Waals surface area contributed by atoms with Crippen LogP contribution in [-0.2, 0) is 10.0 Å². The molecule has 0 aromatic carbocycles. The van der Waals surface area contributed by atoms with Crippen molar-refractivity contribution < 1.29 is 27.5 Å². The largest absolute Gasteiger partial charge is 0.478 e. The van der Waals surface area contributed by atoms with Gasteiger partial charge in [0.2, 0.25) is 10.0 Å². The van der Waals surface area contributed by atoms with E-state index in [1.165, 1.54) is 4.31 Å². The first-order valence-corrected chi connectivity index (χ1v) is 8.15. The van der Waals surface area contributed by atoms with Crippen molar-refractivity contribution in [1.29, 1.82) is 0 Å². The molecule has 0 fully saturated rings. The highest BCUT2D eigenvalue weighted by Crippen LogP contribution is 2.07. The third-order valence-electron chi connectivity index (χ3n) is 2.76. The highest BCUT2D eigenvalue weighted by atomic mass is 32.2. The first-order chi connectivity index (χ1) is 9.75. The van der Waals surface area contributed by atoms with Gasteiger partial charge in [-0.1, -0.05) is 6.92 Å². The minimum Gasteiger partial charge on any atom is -0.478 e. The number of amides is 1. The molecule has 0 unspecified atom stereocenters. The Morgan fingerprint density at radius 1 is 1.43 bits per heavy atom. The fraction of sp³-hybridized carbons (Fsp3) is 0.500. The Bertz CT molecular complexity index is 607. The molecule has 9 heteroatoms. The molecule has 2 N–H and O–H groups in total. The summed E-state index contributed by atoms with van der Waals surface area (Å²) in [6.45, 7) is 2.66. The lowest BCUT2D eigenvalue weighted by molar-refractivity contribution is 0.0695. The van der Waals surface area contributed by atoms with Crippen LogP contribution in [0.3, 0.4) is 0 Å². The Hall–Kier alpha value is -1.87. The molecule has 1 rings (SSSR count). The molecule has 8 nitrogen and oxygen atoms in total. The number of furan rings is 1. The maximum absolute atomic E-state index is 11.7. The third kappa shape index (κ3) is 5.20. The van der Waals surface area contributed by atoms with Crippen molar-refractivity contribution in [2.24, 2.45) is 0 Å². The fourth-order valence-electron chi connectivity index (χ4n) is 1.67. The van der Waals surface area contributed by atoms with Crippen molar-refractivity contribution in [2.75, 3.05) is 25.9 Å². The van der Waals surface area contributed by atoms with Crippen molar-refractivity contribution in [3.63, 3.8) is 0 Å². The number of sulfonamides is 1. The molecule has 0 atom stereocenters. The molecule has 1 amide bonds. The average molecular weight is 318 g/mol. The molecule has 1 aromatic heterocycles. The van der Waals surface area contributed by atoms with Crippen molar-refractivity contribution >= 4 is 21.9 Å². The van der Waals surface area contributed by atoms with Gasteiger partial charge in [-0.25, -0.2) is 17.5 Å². The van der Waals surface area contributed by atoms with E-state index in [0.717, 1.165) is 18.6 Å². The van der Waals surface area contributed by atoms with Crippen molar-refractivity contribution in [3.8, 4) is 0 Å². The summed E-state index contributed by atoms with van der Waals surface area (Å²) in [7, 11) is -3.24. The summed E-state index contributed by atoms with van der Waals surface area (Å²) in [6, 6.07) is 1.13. The number of rotatable bonds is 8. The van der Waals surface area contributed by atoms with Crippen LogP contribution in [0.25, 0.3) is 0 Å². The van der Waals surface area contributed by atoms with Gasteiger partial charge in [-0.2, -0.15) is 0 Å². The van der Waals surface area contributed by atoms with E-state index < -0.39 is 21.9 Å². The zero-order valence-corrected chi connectivity index (χ0v) is 12.6. The summed E-state index contributed by atoms with van der Waals surface area (Å²) >= 11 is 0. The van der Waals surface area contributed by atoms with E-state index >= 15 is 0 Å². The fourth-order valence-corrected chi connectivity index (χ4v) is 2.60. The van der Waals surface area contributed by atoms with Gasteiger partial charge in [-0.05, 0) is 6.42 Å². The molecular weight excluding hydrogens is 300 g/mol. The maximum Gasteiger partial charge on any atom is 0.338 e. The SMILES string of the molecule is CCN(CCCNC(=O)c1cc(C(=O)O)co1)S(C)(=O)=O. The zero-order valence-electron chi connectivity index (χ0n) is 11.8. The lowest BCUT2D eigenvalue weighted by Crippen LogP contribution is -2.33. The molecule has 0 aliphatic rings. The summed E-state index contributed by atoms with van der Waals surface area (Å²) in [5, 5.41) is 11.2. The molecule has 1 heterocycles. The van der Waals surface area contributed by atoms with Gasteiger partial charge >= 0.3 is 5.97 Å². The first-order valence-electron chi connectivity index (χ1n) is 6.30. The smallest absolute Gasteiger partial charge is 0.338 e. The van der Waals surface area contributed by atoms with Gasteiger partial charge in [-0.15, -0.1) is 0 Å². The number of carbonyl (C=O) groups excluding carboxylic acids is 1. The number of carbonyl (C=O) groups is 2. The van der Waals surface area contributed by atoms with Crippen molar-refractivity contribution in [3.05, 3.63) is 23.7 Å². The van der Waals surface area contributed by atoms with Gasteiger partial charge < -0.3 is 14.8 Å². The van der Waals surface area contributed by atoms with Gasteiger partial charge in [-0.3, -0.25) is 4.79 Å². The maximum atomic E-state index is 11.7. The minimum atomic E-state index is -3.24. The number of nitrogens with zero attached hydrogens (tertiary/aromatic N) is 1. The number of hydrogen-bond donors (Lipinski definition) is 2. The summed E-state index contributed by atoms with van der Waals surface area (Å²) < 4.78 is 28.8. The van der Waals surface area contributed by atoms with Crippen molar-refractivity contribution in [2.45, 2.75) is 13.3 Å². The summed E-state index contributed by atoms with van der Waals surface area (Å²) in [5.41, 5.74) is -0.102. The Labute approximate surface area is 122 Å². The highest BCUT2D eigenvalue weighted by molar-refractivity contribution is 7.88. The number of carboxylic acids is 1. The third-order valence-corrected chi connectivity index (χ3v) is 4.14. The Balaban J connectivity index is 2.41. The summed E-state index contributed by atoms with van der Waals surface area (Å²) in [4.78, 5) is 22.3. The van der Waals surface area contributed by atoms with Crippen LogP contribution < -0.4 is 5.32 Å². The Morgan fingerprint density at radius 3 is 2.57 bits per heavy atom. The molecule has 0 radical (unpaired) electrons. The molecular formula is C12H18N2O6S. The summed E-state index contributed by atoms with van der Waals surface area (Å²) in [6.07, 6.45) is 2.56. The second kappa shape index (κ2) is 7.23. The summed E-state index contributed by atoms with van der Waals surface area (Å²) in [5.74, 6) is -1.81. The quantitative estimate of drug-likeness (QED) is 0.669. The van der Waals surface area contributed by atoms with Gasteiger partial charge in [0, 0.05) is 25.7 Å². The number of aromatic carboxylic acids is 1. The lowest BCUT2D eigenvalue weighted by Gasteiger charge is -2.17. The second-order valence-electron chi connectivity index (χ2n) is 4.37. The topological polar surface area (TPSA) is 117 Å². The minimum absolute atomic E-state index is 0.0946. The van der Waals surface area contributed by atoms with Crippen LogP contribution in [0, 0.1) is 0 Å². The van der Waals surface area contributed by atoms with Gasteiger partial charge in [0.25, 0.3) is 5.91 Å². The zero-order chi connectivity index (χ0) is 16.0. The Morgan fingerprint density at radius 2 is 2.10 bits per heavy atom. The van der Waals surface area contributed by atoms with E-state index in [0.29, 0.717) is 19.5 Å². The average Bonchev–Trinajstić information content (AvgIpc) is 2.86. The molecule has 0 bridgehead atoms. The van der Waals surface area contributed by atoms with Gasteiger partial charge in [0.1, 0.15) is 6.26 Å². The molecule has 0 aliphatic heterocycles. The number of hydrogen-bond acceptors (Lipinski definition) is 5. The lowest BCUT2D eigenvalue weighted by atomic mass is 10.3. The van der Waals surface area contributed by atoms with E-state index in [1.807, 2.05) is 0 Å². The molecule has 118 valence electrons. The van der Waals surface area contributed by atoms with Gasteiger partial charge in [0.05, 0.1) is 11.8 Å². The normalized spacial score (nSPS) is 11.6. The molecule has 21 heavy (non-hydrogen) atoms. The van der Waals surface area contributed by atoms with Crippen LogP contribution in [0.2, 0.25) is 0 Å². The molecule has 0 aliphatic carbocycles.